The van der Waals surface area contributed by atoms with Crippen LogP contribution in [0.3, 0.4) is 0 Å². The van der Waals surface area contributed by atoms with Crippen LogP contribution in [-0.4, -0.2) is 42.7 Å². The zero-order chi connectivity index (χ0) is 14.2. The third-order valence-corrected chi connectivity index (χ3v) is 3.42. The van der Waals surface area contributed by atoms with Crippen LogP contribution in [0.2, 0.25) is 0 Å². The Labute approximate surface area is 122 Å². The standard InChI is InChI=1S/C16H27N3O/c1-14(2)11-17-12-15-5-3-6-16(18-15)13-19-7-4-9-20-10-8-19/h3,5-6,14,17H,4,7-13H2,1-2H3. The van der Waals surface area contributed by atoms with Crippen molar-refractivity contribution < 1.29 is 4.74 Å². The predicted octanol–water partition coefficient (Wildman–Crippen LogP) is 2.05. The average Bonchev–Trinajstić information content (AvgIpc) is 2.67. The molecule has 1 saturated heterocycles. The van der Waals surface area contributed by atoms with Gasteiger partial charge in [0.15, 0.2) is 0 Å². The van der Waals surface area contributed by atoms with Crippen molar-refractivity contribution in [3.05, 3.63) is 29.6 Å². The third kappa shape index (κ3) is 5.57. The maximum absolute atomic E-state index is 5.49. The highest BCUT2D eigenvalue weighted by Gasteiger charge is 2.10. The van der Waals surface area contributed by atoms with E-state index in [9.17, 15) is 0 Å². The van der Waals surface area contributed by atoms with E-state index in [-0.39, 0.29) is 0 Å². The second-order valence-electron chi connectivity index (χ2n) is 5.89. The zero-order valence-electron chi connectivity index (χ0n) is 12.8. The Bertz CT molecular complexity index is 387. The van der Waals surface area contributed by atoms with Gasteiger partial charge in [0.05, 0.1) is 18.0 Å². The lowest BCUT2D eigenvalue weighted by atomic mass is 10.2. The Kier molecular flexibility index (Phi) is 6.43. The molecule has 0 atom stereocenters. The first kappa shape index (κ1) is 15.4. The number of rotatable bonds is 6. The van der Waals surface area contributed by atoms with Crippen LogP contribution in [0, 0.1) is 5.92 Å². The molecule has 1 fully saturated rings. The average molecular weight is 277 g/mol. The van der Waals surface area contributed by atoms with Crippen LogP contribution in [0.5, 0.6) is 0 Å². The molecule has 2 rings (SSSR count). The Balaban J connectivity index is 1.84. The van der Waals surface area contributed by atoms with E-state index in [1.54, 1.807) is 0 Å². The van der Waals surface area contributed by atoms with E-state index in [2.05, 4.69) is 42.3 Å². The number of nitrogens with one attached hydrogen (secondary N) is 1. The van der Waals surface area contributed by atoms with Gasteiger partial charge in [-0.15, -0.1) is 0 Å². The van der Waals surface area contributed by atoms with Crippen LogP contribution in [0.15, 0.2) is 18.2 Å². The second kappa shape index (κ2) is 8.35. The summed E-state index contributed by atoms with van der Waals surface area (Å²) in [5.74, 6) is 0.676. The molecule has 0 unspecified atom stereocenters. The van der Waals surface area contributed by atoms with Gasteiger partial charge < -0.3 is 10.1 Å². The monoisotopic (exact) mass is 277 g/mol. The maximum atomic E-state index is 5.49. The number of aromatic nitrogens is 1. The van der Waals surface area contributed by atoms with Crippen LogP contribution in [0.4, 0.5) is 0 Å². The third-order valence-electron chi connectivity index (χ3n) is 3.42. The number of nitrogens with zero attached hydrogens (tertiary/aromatic N) is 2. The summed E-state index contributed by atoms with van der Waals surface area (Å²) in [5, 5.41) is 3.45. The van der Waals surface area contributed by atoms with Gasteiger partial charge >= 0.3 is 0 Å². The van der Waals surface area contributed by atoms with Gasteiger partial charge in [-0.3, -0.25) is 9.88 Å². The van der Waals surface area contributed by atoms with Gasteiger partial charge in [0.2, 0.25) is 0 Å². The van der Waals surface area contributed by atoms with E-state index >= 15 is 0 Å². The Morgan fingerprint density at radius 1 is 1.25 bits per heavy atom. The lowest BCUT2D eigenvalue weighted by Gasteiger charge is -2.18. The molecule has 0 radical (unpaired) electrons. The molecule has 0 saturated carbocycles. The molecule has 0 spiro atoms. The predicted molar refractivity (Wildman–Crippen MR) is 81.5 cm³/mol. The molecule has 1 aliphatic heterocycles. The van der Waals surface area contributed by atoms with Crippen molar-refractivity contribution in [2.75, 3.05) is 32.8 Å². The first-order valence-corrected chi connectivity index (χ1v) is 7.69. The maximum Gasteiger partial charge on any atom is 0.0593 e. The minimum atomic E-state index is 0.676. The minimum Gasteiger partial charge on any atom is -0.380 e. The molecule has 4 nitrogen and oxygen atoms in total. The summed E-state index contributed by atoms with van der Waals surface area (Å²) >= 11 is 0. The van der Waals surface area contributed by atoms with Crippen molar-refractivity contribution in [1.82, 2.24) is 15.2 Å². The molecule has 0 bridgehead atoms. The summed E-state index contributed by atoms with van der Waals surface area (Å²) in [6, 6.07) is 6.34. The van der Waals surface area contributed by atoms with Crippen molar-refractivity contribution in [2.24, 2.45) is 5.92 Å². The van der Waals surface area contributed by atoms with E-state index in [1.807, 2.05) is 0 Å². The molecule has 1 aromatic rings. The van der Waals surface area contributed by atoms with Gasteiger partial charge in [-0.2, -0.15) is 0 Å². The van der Waals surface area contributed by atoms with Crippen molar-refractivity contribution in [3.8, 4) is 0 Å². The van der Waals surface area contributed by atoms with E-state index < -0.39 is 0 Å². The largest absolute Gasteiger partial charge is 0.380 e. The van der Waals surface area contributed by atoms with E-state index in [4.69, 9.17) is 9.72 Å². The lowest BCUT2D eigenvalue weighted by Crippen LogP contribution is -2.26. The van der Waals surface area contributed by atoms with Crippen LogP contribution in [-0.2, 0) is 17.8 Å². The molecular formula is C16H27N3O. The van der Waals surface area contributed by atoms with Crippen LogP contribution < -0.4 is 5.32 Å². The molecule has 1 N–H and O–H groups in total. The summed E-state index contributed by atoms with van der Waals surface area (Å²) in [5.41, 5.74) is 2.30. The number of ether oxygens (including phenoxy) is 1. The molecule has 0 amide bonds. The molecule has 2 heterocycles. The lowest BCUT2D eigenvalue weighted by molar-refractivity contribution is 0.140. The molecule has 1 aliphatic rings. The molecule has 4 heteroatoms. The minimum absolute atomic E-state index is 0.676. The van der Waals surface area contributed by atoms with Gasteiger partial charge in [0.25, 0.3) is 0 Å². The molecule has 0 aliphatic carbocycles. The summed E-state index contributed by atoms with van der Waals surface area (Å²) in [6.45, 7) is 11.1. The van der Waals surface area contributed by atoms with Crippen molar-refractivity contribution in [2.45, 2.75) is 33.4 Å². The van der Waals surface area contributed by atoms with E-state index in [1.165, 1.54) is 0 Å². The molecule has 20 heavy (non-hydrogen) atoms. The van der Waals surface area contributed by atoms with E-state index in [0.29, 0.717) is 5.92 Å². The number of hydrogen-bond donors (Lipinski definition) is 1. The normalized spacial score (nSPS) is 17.4. The molecular weight excluding hydrogens is 250 g/mol. The molecule has 0 aromatic carbocycles. The first-order chi connectivity index (χ1) is 9.74. The second-order valence-corrected chi connectivity index (χ2v) is 5.89. The number of pyridine rings is 1. The highest BCUT2D eigenvalue weighted by molar-refractivity contribution is 5.11. The van der Waals surface area contributed by atoms with Gasteiger partial charge in [-0.05, 0) is 31.0 Å². The van der Waals surface area contributed by atoms with Crippen molar-refractivity contribution in [3.63, 3.8) is 0 Å². The fourth-order valence-electron chi connectivity index (χ4n) is 2.39. The fourth-order valence-corrected chi connectivity index (χ4v) is 2.39. The first-order valence-electron chi connectivity index (χ1n) is 7.69. The topological polar surface area (TPSA) is 37.4 Å². The summed E-state index contributed by atoms with van der Waals surface area (Å²) in [4.78, 5) is 7.18. The molecule has 112 valence electrons. The zero-order valence-corrected chi connectivity index (χ0v) is 12.8. The summed E-state index contributed by atoms with van der Waals surface area (Å²) in [6.07, 6.45) is 1.12. The highest BCUT2D eigenvalue weighted by atomic mass is 16.5. The van der Waals surface area contributed by atoms with Gasteiger partial charge in [-0.25, -0.2) is 0 Å². The summed E-state index contributed by atoms with van der Waals surface area (Å²) < 4.78 is 5.49. The van der Waals surface area contributed by atoms with Crippen LogP contribution in [0.1, 0.15) is 31.7 Å². The van der Waals surface area contributed by atoms with Crippen molar-refractivity contribution >= 4 is 0 Å². The van der Waals surface area contributed by atoms with Crippen molar-refractivity contribution in [1.29, 1.82) is 0 Å². The SMILES string of the molecule is CC(C)CNCc1cccc(CN2CCCOCC2)n1. The Morgan fingerprint density at radius 2 is 2.10 bits per heavy atom. The highest BCUT2D eigenvalue weighted by Crippen LogP contribution is 2.07. The Hall–Kier alpha value is -0.970. The molecule has 1 aromatic heterocycles. The number of hydrogen-bond acceptors (Lipinski definition) is 4. The van der Waals surface area contributed by atoms with E-state index in [0.717, 1.165) is 63.7 Å². The van der Waals surface area contributed by atoms with Crippen LogP contribution in [0.25, 0.3) is 0 Å². The van der Waals surface area contributed by atoms with Gasteiger partial charge in [0, 0.05) is 32.8 Å². The summed E-state index contributed by atoms with van der Waals surface area (Å²) in [7, 11) is 0. The Morgan fingerprint density at radius 3 is 2.95 bits per heavy atom. The van der Waals surface area contributed by atoms with Gasteiger partial charge in [0.1, 0.15) is 0 Å². The smallest absolute Gasteiger partial charge is 0.0593 e. The fraction of sp³-hybridized carbons (Fsp3) is 0.688. The quantitative estimate of drug-likeness (QED) is 0.863. The van der Waals surface area contributed by atoms with Gasteiger partial charge in [-0.1, -0.05) is 19.9 Å². The van der Waals surface area contributed by atoms with Crippen LogP contribution >= 0.6 is 0 Å².